The average molecular weight is 202 g/mol. The molecule has 0 saturated carbocycles. The number of rotatable bonds is 2. The Balaban J connectivity index is 2.86. The van der Waals surface area contributed by atoms with Gasteiger partial charge in [0.05, 0.1) is 18.7 Å². The van der Waals surface area contributed by atoms with Crippen LogP contribution in [0.1, 0.15) is 0 Å². The molecule has 0 aromatic heterocycles. The second kappa shape index (κ2) is 4.33. The smallest absolute Gasteiger partial charge is 0.335 e. The number of halogens is 1. The number of allylic oxidation sites excluding steroid dienone is 2. The third-order valence-corrected chi connectivity index (χ3v) is 2.31. The molecule has 4 heteroatoms. The van der Waals surface area contributed by atoms with E-state index in [1.54, 1.807) is 12.2 Å². The van der Waals surface area contributed by atoms with Crippen molar-refractivity contribution in [1.29, 1.82) is 0 Å². The highest BCUT2D eigenvalue weighted by Crippen LogP contribution is 2.17. The molecule has 0 aromatic carbocycles. The molecule has 0 fully saturated rings. The van der Waals surface area contributed by atoms with Crippen LogP contribution in [0.2, 0.25) is 0 Å². The van der Waals surface area contributed by atoms with Crippen LogP contribution in [0.3, 0.4) is 0 Å². The van der Waals surface area contributed by atoms with Crippen molar-refractivity contribution in [1.82, 2.24) is 4.90 Å². The van der Waals surface area contributed by atoms with Crippen LogP contribution in [0.4, 0.5) is 0 Å². The molecule has 0 aromatic rings. The van der Waals surface area contributed by atoms with E-state index in [1.165, 1.54) is 7.11 Å². The fourth-order valence-corrected chi connectivity index (χ4v) is 1.61. The Morgan fingerprint density at radius 1 is 1.77 bits per heavy atom. The maximum Gasteiger partial charge on any atom is 0.335 e. The summed E-state index contributed by atoms with van der Waals surface area (Å²) in [6.07, 6.45) is 5.41. The molecule has 1 unspecified atom stereocenters. The van der Waals surface area contributed by atoms with Crippen LogP contribution in [-0.2, 0) is 9.53 Å². The largest absolute Gasteiger partial charge is 0.466 e. The second-order valence-electron chi connectivity index (χ2n) is 2.79. The van der Waals surface area contributed by atoms with Gasteiger partial charge in [-0.15, -0.1) is 11.6 Å². The lowest BCUT2D eigenvalue weighted by Gasteiger charge is -2.28. The minimum Gasteiger partial charge on any atom is -0.466 e. The summed E-state index contributed by atoms with van der Waals surface area (Å²) in [6, 6.07) is -0.0842. The van der Waals surface area contributed by atoms with E-state index in [0.717, 1.165) is 0 Å². The van der Waals surface area contributed by atoms with Crippen molar-refractivity contribution in [3.05, 3.63) is 23.9 Å². The Kier molecular flexibility index (Phi) is 3.37. The first-order valence-corrected chi connectivity index (χ1v) is 4.48. The molecule has 0 radical (unpaired) electrons. The molecule has 1 rings (SSSR count). The Labute approximate surface area is 82.6 Å². The Bertz CT molecular complexity index is 260. The van der Waals surface area contributed by atoms with Gasteiger partial charge in [0.15, 0.2) is 0 Å². The number of likely N-dealkylation sites (N-methyl/N-ethyl adjacent to an activating group) is 1. The lowest BCUT2D eigenvalue weighted by Crippen LogP contribution is -2.35. The van der Waals surface area contributed by atoms with Crippen molar-refractivity contribution in [3.8, 4) is 0 Å². The van der Waals surface area contributed by atoms with E-state index in [1.807, 2.05) is 18.1 Å². The Morgan fingerprint density at radius 3 is 3.00 bits per heavy atom. The van der Waals surface area contributed by atoms with Crippen LogP contribution in [0.15, 0.2) is 23.9 Å². The number of methoxy groups -OCH3 is 1. The fourth-order valence-electron chi connectivity index (χ4n) is 1.23. The van der Waals surface area contributed by atoms with E-state index >= 15 is 0 Å². The van der Waals surface area contributed by atoms with E-state index in [9.17, 15) is 4.79 Å². The molecule has 0 N–H and O–H groups in total. The summed E-state index contributed by atoms with van der Waals surface area (Å²) in [5.74, 6) is 0.0590. The van der Waals surface area contributed by atoms with Gasteiger partial charge in [-0.1, -0.05) is 0 Å². The predicted octanol–water partition coefficient (Wildman–Crippen LogP) is 1.15. The van der Waals surface area contributed by atoms with Crippen LogP contribution in [0.5, 0.6) is 0 Å². The molecule has 1 aliphatic heterocycles. The molecule has 3 nitrogen and oxygen atoms in total. The first kappa shape index (κ1) is 10.1. The first-order valence-electron chi connectivity index (χ1n) is 3.95. The standard InChI is InChI=1S/C9H12ClNO2/c1-11-5-3-4-7(8(11)6-10)9(12)13-2/h3-5,8H,6H2,1-2H3. The molecule has 0 aliphatic carbocycles. The Morgan fingerprint density at radius 2 is 2.46 bits per heavy atom. The summed E-state index contributed by atoms with van der Waals surface area (Å²) in [5.41, 5.74) is 0.600. The molecular weight excluding hydrogens is 190 g/mol. The molecule has 13 heavy (non-hydrogen) atoms. The molecule has 0 amide bonds. The Hall–Kier alpha value is -0.960. The predicted molar refractivity (Wildman–Crippen MR) is 51.5 cm³/mol. The zero-order valence-electron chi connectivity index (χ0n) is 7.66. The van der Waals surface area contributed by atoms with Gasteiger partial charge in [0.1, 0.15) is 0 Å². The minimum atomic E-state index is -0.318. The summed E-state index contributed by atoms with van der Waals surface area (Å²) in [5, 5.41) is 0. The van der Waals surface area contributed by atoms with E-state index in [2.05, 4.69) is 4.74 Å². The van der Waals surface area contributed by atoms with Gasteiger partial charge in [-0.25, -0.2) is 4.79 Å². The SMILES string of the molecule is COC(=O)C1=CC=CN(C)C1CCl. The van der Waals surface area contributed by atoms with Crippen molar-refractivity contribution in [3.63, 3.8) is 0 Å². The van der Waals surface area contributed by atoms with Crippen LogP contribution in [0.25, 0.3) is 0 Å². The van der Waals surface area contributed by atoms with Gasteiger partial charge in [-0.2, -0.15) is 0 Å². The van der Waals surface area contributed by atoms with E-state index in [4.69, 9.17) is 11.6 Å². The molecule has 1 heterocycles. The number of hydrogen-bond donors (Lipinski definition) is 0. The lowest BCUT2D eigenvalue weighted by molar-refractivity contribution is -0.136. The molecule has 0 bridgehead atoms. The third-order valence-electron chi connectivity index (χ3n) is 2.01. The lowest BCUT2D eigenvalue weighted by atomic mass is 10.1. The van der Waals surface area contributed by atoms with Crippen molar-refractivity contribution >= 4 is 17.6 Å². The number of carbonyl (C=O) groups is 1. The van der Waals surface area contributed by atoms with Crippen molar-refractivity contribution in [2.45, 2.75) is 6.04 Å². The molecule has 72 valence electrons. The number of carbonyl (C=O) groups excluding carboxylic acids is 1. The number of nitrogens with zero attached hydrogens (tertiary/aromatic N) is 1. The zero-order valence-corrected chi connectivity index (χ0v) is 8.41. The maximum atomic E-state index is 11.3. The van der Waals surface area contributed by atoms with Gasteiger partial charge in [0, 0.05) is 12.9 Å². The van der Waals surface area contributed by atoms with Gasteiger partial charge in [-0.3, -0.25) is 0 Å². The summed E-state index contributed by atoms with van der Waals surface area (Å²) < 4.78 is 4.64. The van der Waals surface area contributed by atoms with Crippen LogP contribution >= 0.6 is 11.6 Å². The molecule has 0 saturated heterocycles. The van der Waals surface area contributed by atoms with Gasteiger partial charge in [0.25, 0.3) is 0 Å². The summed E-state index contributed by atoms with van der Waals surface area (Å²) in [6.45, 7) is 0. The highest BCUT2D eigenvalue weighted by molar-refractivity contribution is 6.19. The van der Waals surface area contributed by atoms with Gasteiger partial charge < -0.3 is 9.64 Å². The molecular formula is C9H12ClNO2. The number of hydrogen-bond acceptors (Lipinski definition) is 3. The van der Waals surface area contributed by atoms with Crippen molar-refractivity contribution in [2.24, 2.45) is 0 Å². The molecule has 1 atom stereocenters. The molecule has 1 aliphatic rings. The third kappa shape index (κ3) is 2.04. The fraction of sp³-hybridized carbons (Fsp3) is 0.444. The topological polar surface area (TPSA) is 29.5 Å². The van der Waals surface area contributed by atoms with Gasteiger partial charge >= 0.3 is 5.97 Å². The maximum absolute atomic E-state index is 11.3. The average Bonchev–Trinajstić information content (AvgIpc) is 2.16. The van der Waals surface area contributed by atoms with E-state index < -0.39 is 0 Å². The first-order chi connectivity index (χ1) is 6.20. The van der Waals surface area contributed by atoms with Gasteiger partial charge in [0.2, 0.25) is 0 Å². The van der Waals surface area contributed by atoms with Crippen LogP contribution in [-0.4, -0.2) is 36.9 Å². The highest BCUT2D eigenvalue weighted by Gasteiger charge is 2.24. The number of ether oxygens (including phenoxy) is 1. The van der Waals surface area contributed by atoms with Gasteiger partial charge in [-0.05, 0) is 18.4 Å². The summed E-state index contributed by atoms with van der Waals surface area (Å²) >= 11 is 5.75. The quantitative estimate of drug-likeness (QED) is 0.496. The summed E-state index contributed by atoms with van der Waals surface area (Å²) in [4.78, 5) is 13.2. The van der Waals surface area contributed by atoms with Crippen LogP contribution in [0, 0.1) is 0 Å². The second-order valence-corrected chi connectivity index (χ2v) is 3.10. The van der Waals surface area contributed by atoms with Crippen LogP contribution < -0.4 is 0 Å². The molecule has 0 spiro atoms. The number of alkyl halides is 1. The van der Waals surface area contributed by atoms with Crippen molar-refractivity contribution < 1.29 is 9.53 Å². The van der Waals surface area contributed by atoms with E-state index in [-0.39, 0.29) is 12.0 Å². The summed E-state index contributed by atoms with van der Waals surface area (Å²) in [7, 11) is 3.24. The minimum absolute atomic E-state index is 0.0842. The van der Waals surface area contributed by atoms with E-state index in [0.29, 0.717) is 11.5 Å². The number of esters is 1. The van der Waals surface area contributed by atoms with Crippen molar-refractivity contribution in [2.75, 3.05) is 20.0 Å². The normalized spacial score (nSPS) is 21.3. The zero-order chi connectivity index (χ0) is 9.84. The monoisotopic (exact) mass is 201 g/mol. The highest BCUT2D eigenvalue weighted by atomic mass is 35.5.